The van der Waals surface area contributed by atoms with E-state index in [0.29, 0.717) is 0 Å². The van der Waals surface area contributed by atoms with Crippen LogP contribution >= 0.6 is 0 Å². The summed E-state index contributed by atoms with van der Waals surface area (Å²) in [6, 6.07) is 0. The molecule has 68 valence electrons. The first-order valence-corrected chi connectivity index (χ1v) is 4.62. The highest BCUT2D eigenvalue weighted by atomic mass is 14.8. The second-order valence-corrected chi connectivity index (χ2v) is 2.25. The van der Waals surface area contributed by atoms with E-state index in [0.717, 1.165) is 12.5 Å². The maximum atomic E-state index is 3.15. The fourth-order valence-electron chi connectivity index (χ4n) is 0.883. The third-order valence-corrected chi connectivity index (χ3v) is 1.46. The second kappa shape index (κ2) is 12.4. The molecule has 11 heavy (non-hydrogen) atoms. The molecule has 0 aromatic rings. The third kappa shape index (κ3) is 9.70. The van der Waals surface area contributed by atoms with Crippen LogP contribution in [-0.2, 0) is 0 Å². The molecule has 1 atom stereocenters. The summed E-state index contributed by atoms with van der Waals surface area (Å²) in [5.74, 6) is 0.722. The van der Waals surface area contributed by atoms with Crippen molar-refractivity contribution >= 4 is 0 Å². The van der Waals surface area contributed by atoms with Crippen LogP contribution in [0, 0.1) is 5.92 Å². The predicted octanol–water partition coefficient (Wildman–Crippen LogP) is 2.83. The van der Waals surface area contributed by atoms with E-state index in [1.54, 1.807) is 0 Å². The SMILES string of the molecule is C/C=C/C(CC)CNC.CC. The van der Waals surface area contributed by atoms with E-state index in [1.807, 2.05) is 20.9 Å². The maximum Gasteiger partial charge on any atom is 0.00111 e. The zero-order valence-corrected chi connectivity index (χ0v) is 8.65. The molecule has 1 heteroatoms. The second-order valence-electron chi connectivity index (χ2n) is 2.25. The van der Waals surface area contributed by atoms with E-state index in [9.17, 15) is 0 Å². The molecule has 0 aromatic heterocycles. The summed E-state index contributed by atoms with van der Waals surface area (Å²) in [6.45, 7) is 9.38. The van der Waals surface area contributed by atoms with Crippen molar-refractivity contribution < 1.29 is 0 Å². The zero-order valence-electron chi connectivity index (χ0n) is 8.65. The lowest BCUT2D eigenvalue weighted by atomic mass is 10.1. The minimum Gasteiger partial charge on any atom is -0.319 e. The van der Waals surface area contributed by atoms with Crippen LogP contribution in [0.3, 0.4) is 0 Å². The van der Waals surface area contributed by atoms with E-state index >= 15 is 0 Å². The van der Waals surface area contributed by atoms with Gasteiger partial charge in [0.05, 0.1) is 0 Å². The largest absolute Gasteiger partial charge is 0.319 e. The van der Waals surface area contributed by atoms with Crippen LogP contribution in [0.5, 0.6) is 0 Å². The Labute approximate surface area is 71.9 Å². The Kier molecular flexibility index (Phi) is 15.0. The van der Waals surface area contributed by atoms with Crippen molar-refractivity contribution in [3.63, 3.8) is 0 Å². The number of nitrogens with one attached hydrogen (secondary N) is 1. The fraction of sp³-hybridized carbons (Fsp3) is 0.800. The van der Waals surface area contributed by atoms with Crippen molar-refractivity contribution in [2.45, 2.75) is 34.1 Å². The van der Waals surface area contributed by atoms with Gasteiger partial charge in [0.2, 0.25) is 0 Å². The van der Waals surface area contributed by atoms with E-state index in [-0.39, 0.29) is 0 Å². The normalized spacial score (nSPS) is 12.5. The predicted molar refractivity (Wildman–Crippen MR) is 53.9 cm³/mol. The van der Waals surface area contributed by atoms with Gasteiger partial charge >= 0.3 is 0 Å². The molecule has 1 unspecified atom stereocenters. The van der Waals surface area contributed by atoms with Gasteiger partial charge in [0.1, 0.15) is 0 Å². The van der Waals surface area contributed by atoms with Gasteiger partial charge in [-0.15, -0.1) is 0 Å². The van der Waals surface area contributed by atoms with Crippen LogP contribution in [0.2, 0.25) is 0 Å². The van der Waals surface area contributed by atoms with Gasteiger partial charge in [0.25, 0.3) is 0 Å². The van der Waals surface area contributed by atoms with Gasteiger partial charge < -0.3 is 5.32 Å². The van der Waals surface area contributed by atoms with Crippen molar-refractivity contribution in [2.24, 2.45) is 5.92 Å². The van der Waals surface area contributed by atoms with Crippen LogP contribution in [0.25, 0.3) is 0 Å². The first-order chi connectivity index (χ1) is 5.35. The Bertz CT molecular complexity index is 76.9. The van der Waals surface area contributed by atoms with Crippen LogP contribution in [0.1, 0.15) is 34.1 Å². The molecule has 0 saturated heterocycles. The van der Waals surface area contributed by atoms with E-state index < -0.39 is 0 Å². The third-order valence-electron chi connectivity index (χ3n) is 1.46. The minimum absolute atomic E-state index is 0.722. The molecule has 1 N–H and O–H groups in total. The fourth-order valence-corrected chi connectivity index (χ4v) is 0.883. The molecule has 0 aromatic carbocycles. The molecule has 0 aliphatic rings. The van der Waals surface area contributed by atoms with Crippen molar-refractivity contribution in [3.8, 4) is 0 Å². The summed E-state index contributed by atoms with van der Waals surface area (Å²) in [4.78, 5) is 0. The van der Waals surface area contributed by atoms with Gasteiger partial charge in [-0.25, -0.2) is 0 Å². The summed E-state index contributed by atoms with van der Waals surface area (Å²) >= 11 is 0. The van der Waals surface area contributed by atoms with Crippen molar-refractivity contribution in [1.29, 1.82) is 0 Å². The monoisotopic (exact) mass is 157 g/mol. The Hall–Kier alpha value is -0.300. The highest BCUT2D eigenvalue weighted by Gasteiger charge is 1.96. The van der Waals surface area contributed by atoms with E-state index in [2.05, 4.69) is 31.3 Å². The van der Waals surface area contributed by atoms with Crippen LogP contribution in [0.4, 0.5) is 0 Å². The molecule has 0 aliphatic carbocycles. The number of allylic oxidation sites excluding steroid dienone is 1. The molecule has 0 bridgehead atoms. The smallest absolute Gasteiger partial charge is 0.00111 e. The van der Waals surface area contributed by atoms with Crippen molar-refractivity contribution in [3.05, 3.63) is 12.2 Å². The van der Waals surface area contributed by atoms with Crippen molar-refractivity contribution in [2.75, 3.05) is 13.6 Å². The first-order valence-electron chi connectivity index (χ1n) is 4.62. The van der Waals surface area contributed by atoms with Crippen LogP contribution in [0.15, 0.2) is 12.2 Å². The number of rotatable bonds is 4. The summed E-state index contributed by atoms with van der Waals surface area (Å²) in [7, 11) is 1.99. The Morgan fingerprint density at radius 3 is 2.18 bits per heavy atom. The molecular formula is C10H23N. The molecule has 1 nitrogen and oxygen atoms in total. The van der Waals surface area contributed by atoms with E-state index in [4.69, 9.17) is 0 Å². The molecule has 0 fully saturated rings. The summed E-state index contributed by atoms with van der Waals surface area (Å²) in [5, 5.41) is 3.15. The lowest BCUT2D eigenvalue weighted by Gasteiger charge is -2.06. The molecule has 0 amide bonds. The van der Waals surface area contributed by atoms with Gasteiger partial charge in [0, 0.05) is 6.54 Å². The van der Waals surface area contributed by atoms with Gasteiger partial charge in [0.15, 0.2) is 0 Å². The average molecular weight is 157 g/mol. The zero-order chi connectivity index (χ0) is 9.11. The summed E-state index contributed by atoms with van der Waals surface area (Å²) < 4.78 is 0. The quantitative estimate of drug-likeness (QED) is 0.619. The summed E-state index contributed by atoms with van der Waals surface area (Å²) in [6.07, 6.45) is 5.59. The number of hydrogen-bond donors (Lipinski definition) is 1. The molecule has 0 aliphatic heterocycles. The van der Waals surface area contributed by atoms with E-state index in [1.165, 1.54) is 6.42 Å². The van der Waals surface area contributed by atoms with Crippen molar-refractivity contribution in [1.82, 2.24) is 5.32 Å². The lowest BCUT2D eigenvalue weighted by Crippen LogP contribution is -2.16. The first kappa shape index (κ1) is 13.3. The molecule has 0 spiro atoms. The topological polar surface area (TPSA) is 12.0 Å². The molecule has 0 saturated carbocycles. The van der Waals surface area contributed by atoms with Crippen LogP contribution in [-0.4, -0.2) is 13.6 Å². The number of hydrogen-bond acceptors (Lipinski definition) is 1. The average Bonchev–Trinajstić information content (AvgIpc) is 2.08. The molecule has 0 radical (unpaired) electrons. The van der Waals surface area contributed by atoms with Crippen LogP contribution < -0.4 is 5.32 Å². The Balaban J connectivity index is 0. The molecular weight excluding hydrogens is 134 g/mol. The van der Waals surface area contributed by atoms with Gasteiger partial charge in [-0.1, -0.05) is 32.9 Å². The summed E-state index contributed by atoms with van der Waals surface area (Å²) in [5.41, 5.74) is 0. The molecule has 0 rings (SSSR count). The highest BCUT2D eigenvalue weighted by molar-refractivity contribution is 4.85. The van der Waals surface area contributed by atoms with Gasteiger partial charge in [-0.3, -0.25) is 0 Å². The standard InChI is InChI=1S/C8H17N.C2H6/c1-4-6-8(5-2)7-9-3;1-2/h4,6,8-9H,5,7H2,1-3H3;1-2H3/b6-4+;. The Morgan fingerprint density at radius 1 is 1.36 bits per heavy atom. The lowest BCUT2D eigenvalue weighted by molar-refractivity contribution is 0.580. The molecule has 0 heterocycles. The Morgan fingerprint density at radius 2 is 1.91 bits per heavy atom. The minimum atomic E-state index is 0.722. The maximum absolute atomic E-state index is 3.15. The van der Waals surface area contributed by atoms with Gasteiger partial charge in [-0.2, -0.15) is 0 Å². The highest BCUT2D eigenvalue weighted by Crippen LogP contribution is 2.01. The van der Waals surface area contributed by atoms with Gasteiger partial charge in [-0.05, 0) is 26.3 Å².